The Morgan fingerprint density at radius 2 is 1.59 bits per heavy atom. The van der Waals surface area contributed by atoms with Crippen LogP contribution in [0.25, 0.3) is 16.7 Å². The maximum Gasteiger partial charge on any atom is 0.296 e. The van der Waals surface area contributed by atoms with Crippen molar-refractivity contribution in [2.24, 2.45) is 0 Å². The quantitative estimate of drug-likeness (QED) is 0.137. The van der Waals surface area contributed by atoms with Gasteiger partial charge >= 0.3 is 0 Å². The van der Waals surface area contributed by atoms with Crippen LogP contribution in [0.4, 0.5) is 5.69 Å². The first kappa shape index (κ1) is 24.3. The van der Waals surface area contributed by atoms with Gasteiger partial charge in [-0.15, -0.1) is 19.3 Å². The lowest BCUT2D eigenvalue weighted by molar-refractivity contribution is -0.432. The molecule has 0 spiro atoms. The van der Waals surface area contributed by atoms with Gasteiger partial charge in [0.25, 0.3) is 20.2 Å². The summed E-state index contributed by atoms with van der Waals surface area (Å²) in [5.74, 6) is 0. The molecule has 174 valence electrons. The molecule has 0 radical (unpaired) electrons. The second-order valence-electron chi connectivity index (χ2n) is 6.01. The highest BCUT2D eigenvalue weighted by atomic mass is 32.2. The molecule has 19 heteroatoms. The van der Waals surface area contributed by atoms with Gasteiger partial charge in [0, 0.05) is 0 Å². The molecule has 0 aliphatic rings. The molecular weight excluding hydrogens is 516 g/mol. The van der Waals surface area contributed by atoms with E-state index < -0.39 is 45.7 Å². The minimum Gasteiger partial charge on any atom is -0.282 e. The Hall–Kier alpha value is -2.36. The molecule has 1 aromatic heterocycles. The van der Waals surface area contributed by atoms with Crippen LogP contribution in [0.2, 0.25) is 0 Å². The summed E-state index contributed by atoms with van der Waals surface area (Å²) in [6.45, 7) is 0. The van der Waals surface area contributed by atoms with Gasteiger partial charge in [-0.25, -0.2) is 13.7 Å². The zero-order valence-corrected chi connectivity index (χ0v) is 18.7. The second-order valence-corrected chi connectivity index (χ2v) is 11.3. The van der Waals surface area contributed by atoms with Gasteiger partial charge in [-0.3, -0.25) is 13.8 Å². The number of aromatic nitrogens is 3. The Kier molecular flexibility index (Phi) is 6.48. The van der Waals surface area contributed by atoms with Crippen LogP contribution in [0.3, 0.4) is 0 Å². The average Bonchev–Trinajstić information content (AvgIpc) is 3.05. The lowest BCUT2D eigenvalue weighted by atomic mass is 10.3. The van der Waals surface area contributed by atoms with E-state index >= 15 is 0 Å². The number of rotatable bonds is 8. The zero-order valence-electron chi connectivity index (χ0n) is 15.5. The number of fused-ring (bicyclic) bond motifs is 1. The highest BCUT2D eigenvalue weighted by Crippen LogP contribution is 2.33. The van der Waals surface area contributed by atoms with Gasteiger partial charge < -0.3 is 0 Å². The predicted molar refractivity (Wildman–Crippen MR) is 108 cm³/mol. The van der Waals surface area contributed by atoms with Gasteiger partial charge in [-0.2, -0.15) is 16.8 Å². The zero-order chi connectivity index (χ0) is 23.9. The Bertz CT molecular complexity index is 1510. The van der Waals surface area contributed by atoms with Crippen LogP contribution in [0, 0.1) is 0 Å². The molecule has 32 heavy (non-hydrogen) atoms. The fraction of sp³-hybridized carbons (Fsp3) is 0.0769. The Morgan fingerprint density at radius 3 is 2.12 bits per heavy atom. The fourth-order valence-corrected chi connectivity index (χ4v) is 4.73. The monoisotopic (exact) mass is 528 g/mol. The van der Waals surface area contributed by atoms with Crippen LogP contribution in [-0.2, 0) is 39.6 Å². The smallest absolute Gasteiger partial charge is 0.282 e. The first-order chi connectivity index (χ1) is 14.7. The van der Waals surface area contributed by atoms with E-state index in [0.717, 1.165) is 18.4 Å². The van der Waals surface area contributed by atoms with Gasteiger partial charge in [0.15, 0.2) is 0 Å². The normalized spacial score (nSPS) is 12.9. The van der Waals surface area contributed by atoms with Crippen molar-refractivity contribution in [1.29, 1.82) is 0 Å². The molecule has 0 saturated heterocycles. The van der Waals surface area contributed by atoms with Crippen LogP contribution in [0.15, 0.2) is 45.0 Å². The molecular formula is C13H12N4O11S4. The average molecular weight is 529 g/mol. The van der Waals surface area contributed by atoms with Crippen molar-refractivity contribution in [3.63, 3.8) is 0 Å². The van der Waals surface area contributed by atoms with Crippen molar-refractivity contribution < 1.29 is 49.0 Å². The van der Waals surface area contributed by atoms with Crippen molar-refractivity contribution in [1.82, 2.24) is 15.0 Å². The predicted octanol–water partition coefficient (Wildman–Crippen LogP) is 0.714. The minimum atomic E-state index is -4.87. The van der Waals surface area contributed by atoms with E-state index in [0.29, 0.717) is 22.9 Å². The maximum atomic E-state index is 11.7. The van der Waals surface area contributed by atoms with E-state index in [2.05, 4.69) is 24.3 Å². The number of anilines is 1. The molecule has 0 aliphatic carbocycles. The van der Waals surface area contributed by atoms with E-state index in [1.54, 1.807) is 0 Å². The lowest BCUT2D eigenvalue weighted by Gasteiger charge is -2.08. The van der Waals surface area contributed by atoms with Gasteiger partial charge in [-0.1, -0.05) is 5.04 Å². The summed E-state index contributed by atoms with van der Waals surface area (Å²) in [6, 6.07) is 4.61. The Morgan fingerprint density at radius 1 is 0.969 bits per heavy atom. The SMILES string of the molecule is CS(=O)(=O)Nc1cc2nn(-c3cc(S(=O)(=O)O)ccc3S(=O)(=O)O)nc2cc1SOOO. The van der Waals surface area contributed by atoms with Crippen LogP contribution in [0.1, 0.15) is 0 Å². The standard InChI is InChI=1S/C13H12N4O11S4/c1-30(19,20)16-10-5-8-9(6-12(10)29-28-27-18)15-17(14-8)11-4-7(31(21,22)23)2-3-13(11)32(24,25)26/h2-6,16,18H,1H3,(H,21,22,23)(H,24,25,26). The van der Waals surface area contributed by atoms with E-state index in [-0.39, 0.29) is 21.6 Å². The maximum absolute atomic E-state index is 11.7. The van der Waals surface area contributed by atoms with Crippen molar-refractivity contribution in [2.45, 2.75) is 14.7 Å². The molecule has 15 nitrogen and oxygen atoms in total. The summed E-state index contributed by atoms with van der Waals surface area (Å²) in [7, 11) is -13.4. The van der Waals surface area contributed by atoms with Gasteiger partial charge in [0.05, 0.1) is 33.8 Å². The number of hydrogen-bond donors (Lipinski definition) is 4. The van der Waals surface area contributed by atoms with E-state index in [1.807, 2.05) is 0 Å². The van der Waals surface area contributed by atoms with E-state index in [9.17, 15) is 34.4 Å². The third-order valence-electron chi connectivity index (χ3n) is 3.65. The molecule has 0 aliphatic heterocycles. The molecule has 0 fully saturated rings. The Balaban J connectivity index is 2.26. The molecule has 0 amide bonds. The van der Waals surface area contributed by atoms with Crippen molar-refractivity contribution >= 4 is 59.0 Å². The Labute approximate surface area is 184 Å². The molecule has 3 rings (SSSR count). The fourth-order valence-electron chi connectivity index (χ4n) is 2.48. The topological polar surface area (TPSA) is 224 Å². The number of sulfonamides is 1. The number of hydrogen-bond acceptors (Lipinski definition) is 12. The molecule has 3 aromatic rings. The highest BCUT2D eigenvalue weighted by Gasteiger charge is 2.23. The van der Waals surface area contributed by atoms with Gasteiger partial charge in [0.2, 0.25) is 10.0 Å². The third-order valence-corrected chi connectivity index (χ3v) is 6.64. The van der Waals surface area contributed by atoms with Crippen LogP contribution in [0.5, 0.6) is 0 Å². The summed E-state index contributed by atoms with van der Waals surface area (Å²) >= 11 is 0.396. The number of nitrogens with one attached hydrogen (secondary N) is 1. The summed E-state index contributed by atoms with van der Waals surface area (Å²) < 4.78 is 94.8. The van der Waals surface area contributed by atoms with E-state index in [4.69, 9.17) is 5.26 Å². The largest absolute Gasteiger partial charge is 0.296 e. The molecule has 1 heterocycles. The highest BCUT2D eigenvalue weighted by molar-refractivity contribution is 7.95. The van der Waals surface area contributed by atoms with Crippen LogP contribution in [-0.4, -0.2) is 60.9 Å². The molecule has 0 saturated carbocycles. The van der Waals surface area contributed by atoms with E-state index in [1.165, 1.54) is 12.1 Å². The first-order valence-electron chi connectivity index (χ1n) is 7.82. The number of benzene rings is 2. The summed E-state index contributed by atoms with van der Waals surface area (Å²) in [4.78, 5) is -0.771. The minimum absolute atomic E-state index is 0.00367. The molecule has 0 unspecified atom stereocenters. The first-order valence-corrected chi connectivity index (χ1v) is 13.3. The van der Waals surface area contributed by atoms with Crippen molar-refractivity contribution in [3.8, 4) is 5.69 Å². The molecule has 4 N–H and O–H groups in total. The summed E-state index contributed by atoms with van der Waals surface area (Å²) in [5, 5.41) is 19.8. The second kappa shape index (κ2) is 8.53. The van der Waals surface area contributed by atoms with Crippen LogP contribution < -0.4 is 4.72 Å². The van der Waals surface area contributed by atoms with Crippen LogP contribution >= 0.6 is 12.0 Å². The van der Waals surface area contributed by atoms with Crippen molar-refractivity contribution in [2.75, 3.05) is 11.0 Å². The third kappa shape index (κ3) is 5.51. The molecule has 0 bridgehead atoms. The molecule has 2 aromatic carbocycles. The number of nitrogens with zero attached hydrogens (tertiary/aromatic N) is 3. The van der Waals surface area contributed by atoms with Gasteiger partial charge in [-0.05, 0) is 30.3 Å². The van der Waals surface area contributed by atoms with Gasteiger partial charge in [0.1, 0.15) is 21.6 Å². The lowest BCUT2D eigenvalue weighted by Crippen LogP contribution is -2.10. The summed E-state index contributed by atoms with van der Waals surface area (Å²) in [5.41, 5.74) is -0.563. The summed E-state index contributed by atoms with van der Waals surface area (Å²) in [6.07, 6.45) is 0.866. The van der Waals surface area contributed by atoms with Crippen molar-refractivity contribution in [3.05, 3.63) is 30.3 Å². The molecule has 0 atom stereocenters.